The summed E-state index contributed by atoms with van der Waals surface area (Å²) < 4.78 is 47.2. The molecular weight excluding hydrogens is 357 g/mol. The van der Waals surface area contributed by atoms with Crippen molar-refractivity contribution < 1.29 is 22.6 Å². The minimum Gasteiger partial charge on any atom is -0.405 e. The average Bonchev–Trinajstić information content (AvgIpc) is 3.02. The predicted molar refractivity (Wildman–Crippen MR) is 91.0 cm³/mol. The van der Waals surface area contributed by atoms with Crippen molar-refractivity contribution in [3.8, 4) is 5.75 Å². The van der Waals surface area contributed by atoms with Gasteiger partial charge < -0.3 is 20.1 Å². The number of hydrogen-bond donors (Lipinski definition) is 2. The molecule has 0 amide bonds. The number of para-hydroxylation sites is 1. The van der Waals surface area contributed by atoms with Crippen molar-refractivity contribution in [2.24, 2.45) is 5.92 Å². The van der Waals surface area contributed by atoms with Gasteiger partial charge in [-0.15, -0.1) is 25.6 Å². The second-order valence-electron chi connectivity index (χ2n) is 6.37. The molecule has 1 heterocycles. The van der Waals surface area contributed by atoms with Crippen LogP contribution in [0.15, 0.2) is 24.3 Å². The largest absolute Gasteiger partial charge is 0.573 e. The lowest BCUT2D eigenvalue weighted by Crippen LogP contribution is -2.50. The zero-order valence-electron chi connectivity index (χ0n) is 13.8. The van der Waals surface area contributed by atoms with Crippen molar-refractivity contribution in [2.75, 3.05) is 19.8 Å². The fraction of sp³-hybridized carbons (Fsp3) is 0.647. The van der Waals surface area contributed by atoms with E-state index in [4.69, 9.17) is 4.74 Å². The molecule has 2 aliphatic rings. The van der Waals surface area contributed by atoms with Gasteiger partial charge in [0.15, 0.2) is 0 Å². The van der Waals surface area contributed by atoms with E-state index in [1.165, 1.54) is 6.07 Å². The Kier molecular flexibility index (Phi) is 7.37. The van der Waals surface area contributed by atoms with Crippen LogP contribution in [0, 0.1) is 5.92 Å². The van der Waals surface area contributed by atoms with Gasteiger partial charge in [-0.25, -0.2) is 0 Å². The molecule has 1 saturated carbocycles. The Bertz CT molecular complexity index is 539. The fourth-order valence-corrected chi connectivity index (χ4v) is 3.70. The summed E-state index contributed by atoms with van der Waals surface area (Å²) >= 11 is 0. The summed E-state index contributed by atoms with van der Waals surface area (Å²) in [6.07, 6.45) is -1.40. The molecule has 25 heavy (non-hydrogen) atoms. The van der Waals surface area contributed by atoms with Gasteiger partial charge >= 0.3 is 6.36 Å². The molecule has 142 valence electrons. The second-order valence-corrected chi connectivity index (χ2v) is 6.37. The van der Waals surface area contributed by atoms with Gasteiger partial charge in [0, 0.05) is 30.7 Å². The van der Waals surface area contributed by atoms with Crippen molar-refractivity contribution in [1.29, 1.82) is 0 Å². The quantitative estimate of drug-likeness (QED) is 0.823. The van der Waals surface area contributed by atoms with Crippen molar-refractivity contribution in [3.05, 3.63) is 29.8 Å². The molecule has 1 aromatic carbocycles. The lowest BCUT2D eigenvalue weighted by Gasteiger charge is -2.33. The first-order valence-corrected chi connectivity index (χ1v) is 8.41. The summed E-state index contributed by atoms with van der Waals surface area (Å²) in [7, 11) is 0. The first-order valence-electron chi connectivity index (χ1n) is 8.41. The molecule has 1 saturated heterocycles. The molecule has 2 N–H and O–H groups in total. The van der Waals surface area contributed by atoms with Crippen LogP contribution in [0.5, 0.6) is 5.75 Å². The first-order chi connectivity index (χ1) is 11.5. The Balaban J connectivity index is 0.00000225. The summed E-state index contributed by atoms with van der Waals surface area (Å²) in [5.74, 6) is 0.312. The van der Waals surface area contributed by atoms with E-state index >= 15 is 0 Å². The Morgan fingerprint density at radius 2 is 2.04 bits per heavy atom. The summed E-state index contributed by atoms with van der Waals surface area (Å²) in [4.78, 5) is 0. The molecule has 0 radical (unpaired) electrons. The standard InChI is InChI=1S/C17H23F3N2O2.ClH/c18-17(19,20)24-16-7-2-1-4-12(16)10-22-14-6-3-5-13(14)15-11-23-9-8-21-15;/h1-2,4,7,13-15,21-22H,3,5-6,8-11H2;1H. The van der Waals surface area contributed by atoms with Crippen LogP contribution in [0.3, 0.4) is 0 Å². The monoisotopic (exact) mass is 380 g/mol. The molecule has 1 aliphatic heterocycles. The van der Waals surface area contributed by atoms with Crippen LogP contribution in [0.2, 0.25) is 0 Å². The molecule has 1 aliphatic carbocycles. The van der Waals surface area contributed by atoms with Gasteiger partial charge in [0.05, 0.1) is 13.2 Å². The van der Waals surface area contributed by atoms with Crippen LogP contribution >= 0.6 is 12.4 Å². The number of alkyl halides is 3. The van der Waals surface area contributed by atoms with Gasteiger partial charge in [-0.3, -0.25) is 0 Å². The molecule has 0 spiro atoms. The van der Waals surface area contributed by atoms with Crippen LogP contribution in [-0.2, 0) is 11.3 Å². The summed E-state index contributed by atoms with van der Waals surface area (Å²) in [6.45, 7) is 2.66. The molecule has 3 unspecified atom stereocenters. The third-order valence-corrected chi connectivity index (χ3v) is 4.79. The molecule has 1 aromatic rings. The molecular formula is C17H24ClF3N2O2. The highest BCUT2D eigenvalue weighted by Gasteiger charge is 2.35. The lowest BCUT2D eigenvalue weighted by atomic mass is 9.94. The minimum absolute atomic E-state index is 0. The second kappa shape index (κ2) is 9.07. The topological polar surface area (TPSA) is 42.5 Å². The number of ether oxygens (including phenoxy) is 2. The number of hydrogen-bond acceptors (Lipinski definition) is 4. The van der Waals surface area contributed by atoms with Crippen molar-refractivity contribution >= 4 is 12.4 Å². The first kappa shape index (κ1) is 20.3. The van der Waals surface area contributed by atoms with E-state index in [-0.39, 0.29) is 24.2 Å². The average molecular weight is 381 g/mol. The van der Waals surface area contributed by atoms with E-state index in [9.17, 15) is 13.2 Å². The van der Waals surface area contributed by atoms with E-state index in [2.05, 4.69) is 15.4 Å². The maximum atomic E-state index is 12.5. The zero-order valence-corrected chi connectivity index (χ0v) is 14.7. The number of benzene rings is 1. The number of nitrogens with one attached hydrogen (secondary N) is 2. The van der Waals surface area contributed by atoms with E-state index in [0.29, 0.717) is 30.7 Å². The number of morpholine rings is 1. The van der Waals surface area contributed by atoms with E-state index in [1.54, 1.807) is 18.2 Å². The highest BCUT2D eigenvalue weighted by atomic mass is 35.5. The van der Waals surface area contributed by atoms with Crippen LogP contribution < -0.4 is 15.4 Å². The summed E-state index contributed by atoms with van der Waals surface area (Å²) in [5, 5.41) is 6.92. The fourth-order valence-electron chi connectivity index (χ4n) is 3.70. The van der Waals surface area contributed by atoms with E-state index in [0.717, 1.165) is 32.4 Å². The van der Waals surface area contributed by atoms with Crippen molar-refractivity contribution in [3.63, 3.8) is 0 Å². The molecule has 4 nitrogen and oxygen atoms in total. The van der Waals surface area contributed by atoms with Crippen molar-refractivity contribution in [1.82, 2.24) is 10.6 Å². The molecule has 0 bridgehead atoms. The van der Waals surface area contributed by atoms with Gasteiger partial charge in [-0.2, -0.15) is 0 Å². The Morgan fingerprint density at radius 3 is 2.76 bits per heavy atom. The van der Waals surface area contributed by atoms with Gasteiger partial charge in [0.25, 0.3) is 0 Å². The Morgan fingerprint density at radius 1 is 1.24 bits per heavy atom. The van der Waals surface area contributed by atoms with Crippen LogP contribution in [0.4, 0.5) is 13.2 Å². The predicted octanol–water partition coefficient (Wildman–Crippen LogP) is 3.25. The number of rotatable bonds is 5. The maximum absolute atomic E-state index is 12.5. The van der Waals surface area contributed by atoms with Gasteiger partial charge in [-0.1, -0.05) is 24.6 Å². The van der Waals surface area contributed by atoms with Crippen LogP contribution in [0.25, 0.3) is 0 Å². The molecule has 2 fully saturated rings. The van der Waals surface area contributed by atoms with Crippen molar-refractivity contribution in [2.45, 2.75) is 44.3 Å². The normalized spacial score (nSPS) is 26.9. The van der Waals surface area contributed by atoms with Gasteiger partial charge in [0.1, 0.15) is 5.75 Å². The zero-order chi connectivity index (χ0) is 17.0. The summed E-state index contributed by atoms with van der Waals surface area (Å²) in [5.41, 5.74) is 0.522. The highest BCUT2D eigenvalue weighted by Crippen LogP contribution is 2.31. The molecule has 3 atom stereocenters. The van der Waals surface area contributed by atoms with Gasteiger partial charge in [0.2, 0.25) is 0 Å². The van der Waals surface area contributed by atoms with Gasteiger partial charge in [-0.05, 0) is 24.8 Å². The third-order valence-electron chi connectivity index (χ3n) is 4.79. The minimum atomic E-state index is -4.67. The van der Waals surface area contributed by atoms with E-state index in [1.807, 2.05) is 0 Å². The molecule has 0 aromatic heterocycles. The molecule has 3 rings (SSSR count). The Labute approximate surface area is 151 Å². The number of halogens is 4. The third kappa shape index (κ3) is 5.74. The molecule has 8 heteroatoms. The highest BCUT2D eigenvalue weighted by molar-refractivity contribution is 5.85. The van der Waals surface area contributed by atoms with Crippen LogP contribution in [0.1, 0.15) is 24.8 Å². The van der Waals surface area contributed by atoms with E-state index < -0.39 is 6.36 Å². The maximum Gasteiger partial charge on any atom is 0.573 e. The smallest absolute Gasteiger partial charge is 0.405 e. The lowest BCUT2D eigenvalue weighted by molar-refractivity contribution is -0.274. The summed E-state index contributed by atoms with van der Waals surface area (Å²) in [6, 6.07) is 6.89. The Hall–Kier alpha value is -1.02. The SMILES string of the molecule is Cl.FC(F)(F)Oc1ccccc1CNC1CCCC1C1COCCN1. The van der Waals surface area contributed by atoms with Crippen LogP contribution in [-0.4, -0.2) is 38.2 Å².